The summed E-state index contributed by atoms with van der Waals surface area (Å²) in [5.41, 5.74) is 0. The van der Waals surface area contributed by atoms with Gasteiger partial charge in [0.2, 0.25) is 0 Å². The standard InChI is InChI=1S/C19H34O16/c1-30-4-7-8(22)9(23)13(27)18(33-7)35-16-6(3-21)32-19(14(28)11(16)25)34-15-5(2-20)31-17(29)12(26)10(15)24/h5-29H,2-4H2,1H3/t5?,6?,7?,8-,9+,10-,11-,12?,13?,14?,15-,16-,17+,18-,19-/m1/s1. The molecule has 0 aromatic rings. The molecular weight excluding hydrogens is 484 g/mol. The molecule has 0 amide bonds. The Morgan fingerprint density at radius 3 is 1.51 bits per heavy atom. The molecule has 15 atom stereocenters. The smallest absolute Gasteiger partial charge is 0.187 e. The van der Waals surface area contributed by atoms with Crippen molar-refractivity contribution in [2.45, 2.75) is 92.1 Å². The lowest BCUT2D eigenvalue weighted by atomic mass is 9.96. The number of ether oxygens (including phenoxy) is 6. The van der Waals surface area contributed by atoms with Crippen LogP contribution in [0.15, 0.2) is 0 Å². The molecule has 0 aliphatic carbocycles. The van der Waals surface area contributed by atoms with E-state index in [1.807, 2.05) is 0 Å². The van der Waals surface area contributed by atoms with Crippen LogP contribution in [0.25, 0.3) is 0 Å². The van der Waals surface area contributed by atoms with Gasteiger partial charge in [-0.15, -0.1) is 0 Å². The number of hydrogen-bond donors (Lipinski definition) is 10. The lowest BCUT2D eigenvalue weighted by molar-refractivity contribution is -0.377. The van der Waals surface area contributed by atoms with Crippen molar-refractivity contribution in [1.29, 1.82) is 0 Å². The summed E-state index contributed by atoms with van der Waals surface area (Å²) in [6.07, 6.45) is -24.4. The average Bonchev–Trinajstić information content (AvgIpc) is 2.84. The quantitative estimate of drug-likeness (QED) is 0.143. The zero-order valence-corrected chi connectivity index (χ0v) is 18.7. The van der Waals surface area contributed by atoms with Crippen LogP contribution in [0.4, 0.5) is 0 Å². The Hall–Kier alpha value is -0.640. The van der Waals surface area contributed by atoms with Gasteiger partial charge in [-0.05, 0) is 0 Å². The van der Waals surface area contributed by atoms with Crippen LogP contribution in [0.3, 0.4) is 0 Å². The maximum atomic E-state index is 10.7. The molecule has 0 bridgehead atoms. The van der Waals surface area contributed by atoms with Crippen molar-refractivity contribution in [3.05, 3.63) is 0 Å². The Kier molecular flexibility index (Phi) is 10.1. The van der Waals surface area contributed by atoms with Gasteiger partial charge < -0.3 is 79.5 Å². The Labute approximate surface area is 199 Å². The Bertz CT molecular complexity index is 652. The lowest BCUT2D eigenvalue weighted by Gasteiger charge is -2.47. The van der Waals surface area contributed by atoms with Crippen molar-refractivity contribution < 1.29 is 79.5 Å². The fourth-order valence-electron chi connectivity index (χ4n) is 4.21. The molecule has 3 saturated heterocycles. The minimum Gasteiger partial charge on any atom is -0.394 e. The van der Waals surface area contributed by atoms with Crippen LogP contribution in [-0.2, 0) is 28.4 Å². The van der Waals surface area contributed by atoms with Gasteiger partial charge in [0.25, 0.3) is 0 Å². The summed E-state index contributed by atoms with van der Waals surface area (Å²) in [5, 5.41) is 101. The second-order valence-electron chi connectivity index (χ2n) is 8.61. The first-order valence-electron chi connectivity index (χ1n) is 11.0. The molecule has 0 aromatic heterocycles. The summed E-state index contributed by atoms with van der Waals surface area (Å²) in [4.78, 5) is 0. The minimum absolute atomic E-state index is 0.172. The highest BCUT2D eigenvalue weighted by molar-refractivity contribution is 4.96. The van der Waals surface area contributed by atoms with Crippen LogP contribution in [0.2, 0.25) is 0 Å². The summed E-state index contributed by atoms with van der Waals surface area (Å²) in [6, 6.07) is 0. The number of aliphatic hydroxyl groups excluding tert-OH is 10. The fraction of sp³-hybridized carbons (Fsp3) is 1.00. The van der Waals surface area contributed by atoms with Crippen molar-refractivity contribution in [2.24, 2.45) is 0 Å². The minimum atomic E-state index is -1.88. The second-order valence-corrected chi connectivity index (χ2v) is 8.61. The maximum absolute atomic E-state index is 10.7. The first-order valence-corrected chi connectivity index (χ1v) is 11.0. The SMILES string of the molecule is COCC1O[C@H](O[C@@H]2C(CO)O[C@H](O[C@@H]3C(CO)O[C@H](O)C(O)[C@H]3O)C(O)[C@H]2O)C(O)[C@@H](O)[C@@H]1O. The van der Waals surface area contributed by atoms with Crippen molar-refractivity contribution in [2.75, 3.05) is 26.9 Å². The summed E-state index contributed by atoms with van der Waals surface area (Å²) in [6.45, 7) is -1.72. The van der Waals surface area contributed by atoms with Gasteiger partial charge >= 0.3 is 0 Å². The van der Waals surface area contributed by atoms with Crippen molar-refractivity contribution >= 4 is 0 Å². The summed E-state index contributed by atoms with van der Waals surface area (Å²) in [7, 11) is 1.32. The van der Waals surface area contributed by atoms with Crippen LogP contribution in [0.5, 0.6) is 0 Å². The van der Waals surface area contributed by atoms with Crippen LogP contribution in [0, 0.1) is 0 Å². The average molecular weight is 518 g/mol. The van der Waals surface area contributed by atoms with Crippen molar-refractivity contribution in [3.63, 3.8) is 0 Å². The lowest BCUT2D eigenvalue weighted by Crippen LogP contribution is -2.66. The second kappa shape index (κ2) is 12.3. The van der Waals surface area contributed by atoms with E-state index < -0.39 is 105 Å². The molecule has 3 aliphatic heterocycles. The van der Waals surface area contributed by atoms with Gasteiger partial charge in [-0.1, -0.05) is 0 Å². The summed E-state index contributed by atoms with van der Waals surface area (Å²) in [5.74, 6) is 0. The molecule has 16 nitrogen and oxygen atoms in total. The van der Waals surface area contributed by atoms with E-state index in [1.165, 1.54) is 7.11 Å². The Balaban J connectivity index is 1.72. The van der Waals surface area contributed by atoms with E-state index >= 15 is 0 Å². The van der Waals surface area contributed by atoms with Gasteiger partial charge in [-0.3, -0.25) is 0 Å². The van der Waals surface area contributed by atoms with Gasteiger partial charge in [0, 0.05) is 7.11 Å². The van der Waals surface area contributed by atoms with E-state index in [0.29, 0.717) is 0 Å². The molecular formula is C19H34O16. The van der Waals surface area contributed by atoms with E-state index in [2.05, 4.69) is 0 Å². The molecule has 0 radical (unpaired) electrons. The number of aliphatic hydroxyl groups is 10. The summed E-state index contributed by atoms with van der Waals surface area (Å²) < 4.78 is 31.7. The highest BCUT2D eigenvalue weighted by atomic mass is 16.8. The molecule has 10 N–H and O–H groups in total. The predicted molar refractivity (Wildman–Crippen MR) is 106 cm³/mol. The van der Waals surface area contributed by atoms with E-state index in [1.54, 1.807) is 0 Å². The first kappa shape index (κ1) is 28.9. The normalized spacial score (nSPS) is 51.3. The van der Waals surface area contributed by atoms with E-state index in [0.717, 1.165) is 0 Å². The van der Waals surface area contributed by atoms with Gasteiger partial charge in [0.15, 0.2) is 18.9 Å². The molecule has 206 valence electrons. The third-order valence-electron chi connectivity index (χ3n) is 6.24. The molecule has 0 spiro atoms. The van der Waals surface area contributed by atoms with Crippen LogP contribution in [0.1, 0.15) is 0 Å². The monoisotopic (exact) mass is 518 g/mol. The number of hydrogen-bond acceptors (Lipinski definition) is 16. The Morgan fingerprint density at radius 1 is 0.543 bits per heavy atom. The molecule has 0 aromatic carbocycles. The third-order valence-corrected chi connectivity index (χ3v) is 6.24. The zero-order valence-electron chi connectivity index (χ0n) is 18.7. The molecule has 6 unspecified atom stereocenters. The van der Waals surface area contributed by atoms with Crippen molar-refractivity contribution in [1.82, 2.24) is 0 Å². The molecule has 0 saturated carbocycles. The first-order chi connectivity index (χ1) is 16.5. The van der Waals surface area contributed by atoms with Crippen LogP contribution < -0.4 is 0 Å². The van der Waals surface area contributed by atoms with E-state index in [-0.39, 0.29) is 6.61 Å². The highest BCUT2D eigenvalue weighted by Crippen LogP contribution is 2.32. The molecule has 3 aliphatic rings. The maximum Gasteiger partial charge on any atom is 0.187 e. The third kappa shape index (κ3) is 5.93. The van der Waals surface area contributed by atoms with Gasteiger partial charge in [-0.2, -0.15) is 0 Å². The summed E-state index contributed by atoms with van der Waals surface area (Å²) >= 11 is 0. The van der Waals surface area contributed by atoms with Crippen LogP contribution in [-0.4, -0.2) is 170 Å². The number of rotatable bonds is 8. The fourth-order valence-corrected chi connectivity index (χ4v) is 4.21. The van der Waals surface area contributed by atoms with Gasteiger partial charge in [0.05, 0.1) is 19.8 Å². The molecule has 3 heterocycles. The number of methoxy groups -OCH3 is 1. The van der Waals surface area contributed by atoms with Crippen LogP contribution >= 0.6 is 0 Å². The zero-order chi connectivity index (χ0) is 26.0. The van der Waals surface area contributed by atoms with E-state index in [9.17, 15) is 51.1 Å². The topological polar surface area (TPSA) is 258 Å². The molecule has 16 heteroatoms. The largest absolute Gasteiger partial charge is 0.394 e. The highest BCUT2D eigenvalue weighted by Gasteiger charge is 2.53. The molecule has 3 fully saturated rings. The molecule has 35 heavy (non-hydrogen) atoms. The molecule has 3 rings (SSSR count). The van der Waals surface area contributed by atoms with Gasteiger partial charge in [0.1, 0.15) is 73.2 Å². The Morgan fingerprint density at radius 2 is 1.00 bits per heavy atom. The predicted octanol–water partition coefficient (Wildman–Crippen LogP) is -6.92. The van der Waals surface area contributed by atoms with Gasteiger partial charge in [-0.25, -0.2) is 0 Å². The van der Waals surface area contributed by atoms with Crippen molar-refractivity contribution in [3.8, 4) is 0 Å². The van der Waals surface area contributed by atoms with E-state index in [4.69, 9.17) is 28.4 Å².